The molecule has 0 bridgehead atoms. The lowest BCUT2D eigenvalue weighted by atomic mass is 10.0. The maximum Gasteiger partial charge on any atom is 0.269 e. The molecule has 1 aliphatic heterocycles. The van der Waals surface area contributed by atoms with E-state index >= 15 is 0 Å². The van der Waals surface area contributed by atoms with Crippen LogP contribution in [0.25, 0.3) is 11.3 Å². The first-order valence-electron chi connectivity index (χ1n) is 10.6. The summed E-state index contributed by atoms with van der Waals surface area (Å²) in [6.45, 7) is 3.34. The van der Waals surface area contributed by atoms with Gasteiger partial charge in [0.1, 0.15) is 17.3 Å². The maximum absolute atomic E-state index is 13.2. The first-order chi connectivity index (χ1) is 15.5. The molecule has 7 nitrogen and oxygen atoms in total. The van der Waals surface area contributed by atoms with Crippen molar-refractivity contribution >= 4 is 5.91 Å². The lowest BCUT2D eigenvalue weighted by molar-refractivity contribution is 0.0161. The molecule has 32 heavy (non-hydrogen) atoms. The number of aromatic nitrogens is 2. The summed E-state index contributed by atoms with van der Waals surface area (Å²) in [5.41, 5.74) is 2.89. The number of ether oxygens (including phenoxy) is 2. The van der Waals surface area contributed by atoms with Crippen molar-refractivity contribution in [2.45, 2.75) is 6.04 Å². The molecule has 1 amide bonds. The summed E-state index contributed by atoms with van der Waals surface area (Å²) in [7, 11) is 3.37. The van der Waals surface area contributed by atoms with E-state index in [4.69, 9.17) is 9.47 Å². The van der Waals surface area contributed by atoms with Gasteiger partial charge in [0, 0.05) is 32.2 Å². The highest BCUT2D eigenvalue weighted by atomic mass is 19.1. The SMILES string of the molecule is COc1cccc([C@@H](CNC(=O)c2cc(-c3ccc(F)cc3)nn2C)N2CCOCC2)c1. The van der Waals surface area contributed by atoms with E-state index in [1.807, 2.05) is 24.3 Å². The predicted octanol–water partition coefficient (Wildman–Crippen LogP) is 3.04. The van der Waals surface area contributed by atoms with Crippen LogP contribution in [0.5, 0.6) is 5.75 Å². The van der Waals surface area contributed by atoms with Crippen LogP contribution in [0.4, 0.5) is 4.39 Å². The van der Waals surface area contributed by atoms with Gasteiger partial charge in [0.05, 0.1) is 32.1 Å². The normalized spacial score (nSPS) is 15.3. The van der Waals surface area contributed by atoms with Crippen LogP contribution in [0.3, 0.4) is 0 Å². The van der Waals surface area contributed by atoms with Gasteiger partial charge in [-0.2, -0.15) is 5.10 Å². The van der Waals surface area contributed by atoms with Crippen molar-refractivity contribution < 1.29 is 18.7 Å². The molecule has 1 atom stereocenters. The molecular weight excluding hydrogens is 411 g/mol. The topological polar surface area (TPSA) is 68.6 Å². The average Bonchev–Trinajstić information content (AvgIpc) is 3.22. The number of aryl methyl sites for hydroxylation is 1. The fraction of sp³-hybridized carbons (Fsp3) is 0.333. The molecule has 1 N–H and O–H groups in total. The van der Waals surface area contributed by atoms with Crippen LogP contribution in [-0.2, 0) is 11.8 Å². The molecule has 0 aliphatic carbocycles. The number of nitrogens with zero attached hydrogens (tertiary/aromatic N) is 3. The summed E-state index contributed by atoms with van der Waals surface area (Å²) in [5, 5.41) is 7.48. The molecule has 2 aromatic carbocycles. The Balaban J connectivity index is 1.51. The van der Waals surface area contributed by atoms with Crippen molar-refractivity contribution in [1.82, 2.24) is 20.0 Å². The van der Waals surface area contributed by atoms with Crippen molar-refractivity contribution in [2.75, 3.05) is 40.0 Å². The third-order valence-electron chi connectivity index (χ3n) is 5.67. The number of hydrogen-bond acceptors (Lipinski definition) is 5. The highest BCUT2D eigenvalue weighted by Gasteiger charge is 2.24. The summed E-state index contributed by atoms with van der Waals surface area (Å²) in [4.78, 5) is 15.3. The number of morpholine rings is 1. The van der Waals surface area contributed by atoms with Gasteiger partial charge in [-0.1, -0.05) is 12.1 Å². The minimum Gasteiger partial charge on any atom is -0.497 e. The molecule has 0 radical (unpaired) electrons. The zero-order chi connectivity index (χ0) is 22.5. The van der Waals surface area contributed by atoms with Gasteiger partial charge in [-0.3, -0.25) is 14.4 Å². The molecule has 8 heteroatoms. The Kier molecular flexibility index (Phi) is 6.82. The number of halogens is 1. The molecule has 1 aliphatic rings. The highest BCUT2D eigenvalue weighted by Crippen LogP contribution is 2.25. The number of carbonyl (C=O) groups is 1. The summed E-state index contributed by atoms with van der Waals surface area (Å²) in [6, 6.07) is 15.7. The van der Waals surface area contributed by atoms with E-state index in [-0.39, 0.29) is 17.8 Å². The largest absolute Gasteiger partial charge is 0.497 e. The molecule has 0 unspecified atom stereocenters. The van der Waals surface area contributed by atoms with Gasteiger partial charge in [0.2, 0.25) is 0 Å². The summed E-state index contributed by atoms with van der Waals surface area (Å²) in [6.07, 6.45) is 0. The highest BCUT2D eigenvalue weighted by molar-refractivity contribution is 5.93. The predicted molar refractivity (Wildman–Crippen MR) is 119 cm³/mol. The molecule has 168 valence electrons. The molecule has 1 saturated heterocycles. The van der Waals surface area contributed by atoms with E-state index < -0.39 is 0 Å². The Morgan fingerprint density at radius 2 is 1.94 bits per heavy atom. The third kappa shape index (κ3) is 4.98. The number of nitrogens with one attached hydrogen (secondary N) is 1. The van der Waals surface area contributed by atoms with Crippen LogP contribution in [0.2, 0.25) is 0 Å². The van der Waals surface area contributed by atoms with E-state index in [9.17, 15) is 9.18 Å². The van der Waals surface area contributed by atoms with Crippen molar-refractivity contribution in [3.8, 4) is 17.0 Å². The average molecular weight is 439 g/mol. The second-order valence-corrected chi connectivity index (χ2v) is 7.70. The Labute approximate surface area is 186 Å². The van der Waals surface area contributed by atoms with Crippen molar-refractivity contribution in [3.63, 3.8) is 0 Å². The van der Waals surface area contributed by atoms with Crippen LogP contribution < -0.4 is 10.1 Å². The van der Waals surface area contributed by atoms with Crippen LogP contribution in [-0.4, -0.2) is 60.5 Å². The number of carbonyl (C=O) groups excluding carboxylic acids is 1. The Bertz CT molecular complexity index is 1060. The molecule has 3 aromatic rings. The fourth-order valence-electron chi connectivity index (χ4n) is 3.92. The van der Waals surface area contributed by atoms with Crippen molar-refractivity contribution in [2.24, 2.45) is 7.05 Å². The molecular formula is C24H27FN4O3. The first kappa shape index (κ1) is 22.0. The quantitative estimate of drug-likeness (QED) is 0.614. The second kappa shape index (κ2) is 9.93. The third-order valence-corrected chi connectivity index (χ3v) is 5.67. The van der Waals surface area contributed by atoms with Gasteiger partial charge in [0.15, 0.2) is 0 Å². The van der Waals surface area contributed by atoms with Gasteiger partial charge >= 0.3 is 0 Å². The van der Waals surface area contributed by atoms with E-state index in [0.717, 1.165) is 30.0 Å². The van der Waals surface area contributed by atoms with Crippen LogP contribution in [0.15, 0.2) is 54.6 Å². The van der Waals surface area contributed by atoms with Gasteiger partial charge in [-0.15, -0.1) is 0 Å². The zero-order valence-corrected chi connectivity index (χ0v) is 18.3. The summed E-state index contributed by atoms with van der Waals surface area (Å²) in [5.74, 6) is 0.256. The Hall–Kier alpha value is -3.23. The zero-order valence-electron chi connectivity index (χ0n) is 18.3. The van der Waals surface area contributed by atoms with Crippen molar-refractivity contribution in [3.05, 3.63) is 71.7 Å². The number of amides is 1. The molecule has 1 fully saturated rings. The van der Waals surface area contributed by atoms with E-state index in [0.29, 0.717) is 31.1 Å². The number of rotatable bonds is 7. The van der Waals surface area contributed by atoms with Crippen LogP contribution in [0.1, 0.15) is 22.1 Å². The molecule has 0 saturated carbocycles. The number of hydrogen-bond donors (Lipinski definition) is 1. The smallest absolute Gasteiger partial charge is 0.269 e. The van der Waals surface area contributed by atoms with Crippen LogP contribution >= 0.6 is 0 Å². The van der Waals surface area contributed by atoms with E-state index in [1.165, 1.54) is 12.1 Å². The summed E-state index contributed by atoms with van der Waals surface area (Å²) < 4.78 is 25.7. The van der Waals surface area contributed by atoms with Gasteiger partial charge < -0.3 is 14.8 Å². The van der Waals surface area contributed by atoms with Gasteiger partial charge in [-0.05, 0) is 48.0 Å². The Morgan fingerprint density at radius 1 is 1.19 bits per heavy atom. The minimum atomic E-state index is -0.311. The summed E-state index contributed by atoms with van der Waals surface area (Å²) >= 11 is 0. The van der Waals surface area contributed by atoms with Gasteiger partial charge in [0.25, 0.3) is 5.91 Å². The molecule has 4 rings (SSSR count). The Morgan fingerprint density at radius 3 is 2.66 bits per heavy atom. The standard InChI is InChI=1S/C24H27FN4O3/c1-28-22(15-21(27-28)17-6-8-19(25)9-7-17)24(30)26-16-23(29-10-12-32-13-11-29)18-4-3-5-20(14-18)31-2/h3-9,14-15,23H,10-13,16H2,1-2H3,(H,26,30)/t23-/m1/s1. The second-order valence-electron chi connectivity index (χ2n) is 7.70. The fourth-order valence-corrected chi connectivity index (χ4v) is 3.92. The van der Waals surface area contributed by atoms with E-state index in [2.05, 4.69) is 15.3 Å². The number of methoxy groups -OCH3 is 1. The van der Waals surface area contributed by atoms with Gasteiger partial charge in [-0.25, -0.2) is 4.39 Å². The molecule has 0 spiro atoms. The monoisotopic (exact) mass is 438 g/mol. The maximum atomic E-state index is 13.2. The van der Waals surface area contributed by atoms with Crippen LogP contribution in [0, 0.1) is 5.82 Å². The molecule has 1 aromatic heterocycles. The minimum absolute atomic E-state index is 0.0113. The number of benzene rings is 2. The molecule has 2 heterocycles. The van der Waals surface area contributed by atoms with Crippen molar-refractivity contribution in [1.29, 1.82) is 0 Å². The lowest BCUT2D eigenvalue weighted by Crippen LogP contribution is -2.44. The van der Waals surface area contributed by atoms with E-state index in [1.54, 1.807) is 37.0 Å². The lowest BCUT2D eigenvalue weighted by Gasteiger charge is -2.35. The first-order valence-corrected chi connectivity index (χ1v) is 10.6.